The molecule has 1 aliphatic heterocycles. The van der Waals surface area contributed by atoms with Crippen molar-refractivity contribution in [2.24, 2.45) is 5.92 Å². The molecule has 1 heterocycles. The van der Waals surface area contributed by atoms with Crippen molar-refractivity contribution in [1.82, 2.24) is 5.32 Å². The number of rotatable bonds is 5. The van der Waals surface area contributed by atoms with E-state index in [4.69, 9.17) is 5.26 Å². The zero-order valence-electron chi connectivity index (χ0n) is 10.4. The van der Waals surface area contributed by atoms with Crippen LogP contribution in [0.1, 0.15) is 33.6 Å². The van der Waals surface area contributed by atoms with Crippen LogP contribution in [-0.4, -0.2) is 17.0 Å². The molecule has 0 saturated carbocycles. The highest BCUT2D eigenvalue weighted by Gasteiger charge is 2.29. The highest BCUT2D eigenvalue weighted by atomic mass is 32.2. The maximum absolute atomic E-state index is 11.8. The molecule has 1 N–H and O–H groups in total. The molecule has 0 aromatic heterocycles. The van der Waals surface area contributed by atoms with Crippen molar-refractivity contribution >= 4 is 29.4 Å². The minimum absolute atomic E-state index is 0.0868. The molecule has 1 atom stereocenters. The van der Waals surface area contributed by atoms with Crippen LogP contribution in [0.2, 0.25) is 0 Å². The summed E-state index contributed by atoms with van der Waals surface area (Å²) in [6.07, 6.45) is 2.24. The number of nitrogens with zero attached hydrogens (tertiary/aromatic N) is 1. The maximum atomic E-state index is 11.8. The van der Waals surface area contributed by atoms with Crippen molar-refractivity contribution in [3.63, 3.8) is 0 Å². The van der Waals surface area contributed by atoms with E-state index in [1.165, 1.54) is 0 Å². The molecule has 1 amide bonds. The fourth-order valence-electron chi connectivity index (χ4n) is 1.31. The minimum atomic E-state index is -0.219. The molecule has 0 aromatic rings. The minimum Gasteiger partial charge on any atom is -0.339 e. The lowest BCUT2D eigenvalue weighted by molar-refractivity contribution is -0.117. The summed E-state index contributed by atoms with van der Waals surface area (Å²) < 4.78 is 0.892. The average Bonchev–Trinajstić information content (AvgIpc) is 2.28. The van der Waals surface area contributed by atoms with Gasteiger partial charge in [-0.15, -0.1) is 11.8 Å². The first-order chi connectivity index (χ1) is 8.10. The fourth-order valence-corrected chi connectivity index (χ4v) is 3.97. The van der Waals surface area contributed by atoms with Gasteiger partial charge < -0.3 is 5.32 Å². The van der Waals surface area contributed by atoms with Crippen molar-refractivity contribution in [1.29, 1.82) is 5.26 Å². The highest BCUT2D eigenvalue weighted by molar-refractivity contribution is 8.22. The molecule has 5 heteroatoms. The zero-order chi connectivity index (χ0) is 12.8. The predicted octanol–water partition coefficient (Wildman–Crippen LogP) is 3.10. The van der Waals surface area contributed by atoms with E-state index in [1.807, 2.05) is 6.07 Å². The smallest absolute Gasteiger partial charge is 0.264 e. The van der Waals surface area contributed by atoms with Gasteiger partial charge in [0.25, 0.3) is 5.91 Å². The number of amides is 1. The summed E-state index contributed by atoms with van der Waals surface area (Å²) in [7, 11) is 0. The van der Waals surface area contributed by atoms with Gasteiger partial charge in [-0.1, -0.05) is 39.0 Å². The monoisotopic (exact) mass is 270 g/mol. The lowest BCUT2D eigenvalue weighted by Crippen LogP contribution is -2.40. The third-order valence-electron chi connectivity index (χ3n) is 2.39. The van der Waals surface area contributed by atoms with E-state index in [-0.39, 0.29) is 16.9 Å². The molecule has 0 fully saturated rings. The summed E-state index contributed by atoms with van der Waals surface area (Å²) in [6.45, 7) is 6.28. The van der Waals surface area contributed by atoms with E-state index >= 15 is 0 Å². The first kappa shape index (κ1) is 14.5. The molecule has 0 aromatic carbocycles. The van der Waals surface area contributed by atoms with Crippen LogP contribution in [-0.2, 0) is 4.79 Å². The second-order valence-corrected chi connectivity index (χ2v) is 6.75. The van der Waals surface area contributed by atoms with Gasteiger partial charge in [0, 0.05) is 0 Å². The predicted molar refractivity (Wildman–Crippen MR) is 74.4 cm³/mol. The van der Waals surface area contributed by atoms with Gasteiger partial charge in [0.2, 0.25) is 0 Å². The van der Waals surface area contributed by atoms with E-state index in [9.17, 15) is 4.79 Å². The largest absolute Gasteiger partial charge is 0.339 e. The Hall–Kier alpha value is -0.600. The molecule has 1 aliphatic rings. The van der Waals surface area contributed by atoms with Crippen molar-refractivity contribution in [3.05, 3.63) is 9.81 Å². The van der Waals surface area contributed by atoms with E-state index < -0.39 is 0 Å². The number of hydrogen-bond donors (Lipinski definition) is 1. The van der Waals surface area contributed by atoms with Crippen LogP contribution in [0.4, 0.5) is 0 Å². The SMILES string of the molecule is CCCCSC1=C(C#N)C(=O)N[C@@H](C(C)C)S1. The Balaban J connectivity index is 2.78. The first-order valence-corrected chi connectivity index (χ1v) is 7.71. The Morgan fingerprint density at radius 2 is 2.29 bits per heavy atom. The molecule has 0 saturated heterocycles. The quantitative estimate of drug-likeness (QED) is 0.780. The Morgan fingerprint density at radius 3 is 2.82 bits per heavy atom. The molecule has 1 rings (SSSR count). The molecule has 0 bridgehead atoms. The first-order valence-electron chi connectivity index (χ1n) is 5.84. The fraction of sp³-hybridized carbons (Fsp3) is 0.667. The lowest BCUT2D eigenvalue weighted by atomic mass is 10.2. The second kappa shape index (κ2) is 6.97. The van der Waals surface area contributed by atoms with Crippen LogP contribution in [0.15, 0.2) is 9.81 Å². The molecule has 0 radical (unpaired) electrons. The lowest BCUT2D eigenvalue weighted by Gasteiger charge is -2.27. The van der Waals surface area contributed by atoms with Gasteiger partial charge in [0.1, 0.15) is 11.6 Å². The van der Waals surface area contributed by atoms with Crippen molar-refractivity contribution in [2.75, 3.05) is 5.75 Å². The Bertz CT molecular complexity index is 358. The van der Waals surface area contributed by atoms with Gasteiger partial charge in [0.05, 0.1) is 9.61 Å². The van der Waals surface area contributed by atoms with Gasteiger partial charge >= 0.3 is 0 Å². The molecular formula is C12H18N2OS2. The van der Waals surface area contributed by atoms with Crippen LogP contribution in [0.25, 0.3) is 0 Å². The van der Waals surface area contributed by atoms with Gasteiger partial charge in [-0.2, -0.15) is 5.26 Å². The van der Waals surface area contributed by atoms with E-state index in [2.05, 4.69) is 26.1 Å². The summed E-state index contributed by atoms with van der Waals surface area (Å²) in [5.74, 6) is 1.12. The van der Waals surface area contributed by atoms with Crippen LogP contribution >= 0.6 is 23.5 Å². The number of thioether (sulfide) groups is 2. The third-order valence-corrected chi connectivity index (χ3v) is 5.32. The molecule has 94 valence electrons. The van der Waals surface area contributed by atoms with Crippen LogP contribution in [0.3, 0.4) is 0 Å². The number of carbonyl (C=O) groups excluding carboxylic acids is 1. The van der Waals surface area contributed by atoms with Crippen LogP contribution in [0.5, 0.6) is 0 Å². The molecule has 0 unspecified atom stereocenters. The highest BCUT2D eigenvalue weighted by Crippen LogP contribution is 2.39. The Kier molecular flexibility index (Phi) is 5.93. The number of nitriles is 1. The Labute approximate surface area is 111 Å². The number of nitrogens with one attached hydrogen (secondary N) is 1. The zero-order valence-corrected chi connectivity index (χ0v) is 12.1. The summed E-state index contributed by atoms with van der Waals surface area (Å²) in [5.41, 5.74) is 0.285. The van der Waals surface area contributed by atoms with Crippen molar-refractivity contribution < 1.29 is 4.79 Å². The van der Waals surface area contributed by atoms with Crippen LogP contribution in [0, 0.1) is 17.2 Å². The normalized spacial score (nSPS) is 20.4. The van der Waals surface area contributed by atoms with Gasteiger partial charge in [-0.25, -0.2) is 0 Å². The van der Waals surface area contributed by atoms with E-state index in [0.29, 0.717) is 5.92 Å². The Morgan fingerprint density at radius 1 is 1.59 bits per heavy atom. The van der Waals surface area contributed by atoms with Crippen molar-refractivity contribution in [3.8, 4) is 6.07 Å². The second-order valence-electron chi connectivity index (χ2n) is 4.23. The summed E-state index contributed by atoms with van der Waals surface area (Å²) in [5, 5.41) is 12.0. The van der Waals surface area contributed by atoms with Gasteiger partial charge in [-0.3, -0.25) is 4.79 Å². The summed E-state index contributed by atoms with van der Waals surface area (Å²) in [4.78, 5) is 11.8. The van der Waals surface area contributed by atoms with E-state index in [0.717, 1.165) is 22.8 Å². The molecule has 0 spiro atoms. The standard InChI is InChI=1S/C12H18N2OS2/c1-4-5-6-16-12-9(7-13)10(15)14-11(17-12)8(2)3/h8,11H,4-6H2,1-3H3,(H,14,15)/t11-/m1/s1. The van der Waals surface area contributed by atoms with Crippen molar-refractivity contribution in [2.45, 2.75) is 39.0 Å². The summed E-state index contributed by atoms with van der Waals surface area (Å²) in [6, 6.07) is 2.02. The topological polar surface area (TPSA) is 52.9 Å². The number of carbonyl (C=O) groups is 1. The molecule has 0 aliphatic carbocycles. The van der Waals surface area contributed by atoms with Gasteiger partial charge in [-0.05, 0) is 18.1 Å². The number of unbranched alkanes of at least 4 members (excludes halogenated alkanes) is 1. The third kappa shape index (κ3) is 3.97. The molecule has 3 nitrogen and oxygen atoms in total. The average molecular weight is 270 g/mol. The van der Waals surface area contributed by atoms with E-state index in [1.54, 1.807) is 23.5 Å². The molecular weight excluding hydrogens is 252 g/mol. The van der Waals surface area contributed by atoms with Gasteiger partial charge in [0.15, 0.2) is 0 Å². The van der Waals surface area contributed by atoms with Crippen LogP contribution < -0.4 is 5.32 Å². The molecule has 17 heavy (non-hydrogen) atoms. The number of hydrogen-bond acceptors (Lipinski definition) is 4. The summed E-state index contributed by atoms with van der Waals surface area (Å²) >= 11 is 3.25. The maximum Gasteiger partial charge on any atom is 0.264 e.